The Bertz CT molecular complexity index is 868. The van der Waals surface area contributed by atoms with Gasteiger partial charge in [0.05, 0.1) is 12.2 Å². The van der Waals surface area contributed by atoms with Gasteiger partial charge in [0.1, 0.15) is 5.82 Å². The molecule has 4 heterocycles. The Morgan fingerprint density at radius 2 is 2.17 bits per heavy atom. The molecule has 0 saturated carbocycles. The molecule has 1 N–H and O–H groups in total. The Labute approximate surface area is 133 Å². The van der Waals surface area contributed by atoms with Crippen LogP contribution in [-0.2, 0) is 13.6 Å². The summed E-state index contributed by atoms with van der Waals surface area (Å²) in [6.07, 6.45) is 7.61. The quantitative estimate of drug-likeness (QED) is 0.787. The van der Waals surface area contributed by atoms with Crippen molar-refractivity contribution in [3.05, 3.63) is 52.6 Å². The van der Waals surface area contributed by atoms with Crippen molar-refractivity contribution >= 4 is 5.65 Å². The Morgan fingerprint density at radius 3 is 2.91 bits per heavy atom. The number of hydrogen-bond acceptors (Lipinski definition) is 4. The number of H-pyrrole nitrogens is 1. The van der Waals surface area contributed by atoms with Crippen LogP contribution in [0.25, 0.3) is 5.65 Å². The second-order valence-electron chi connectivity index (χ2n) is 6.18. The minimum Gasteiger partial charge on any atom is -0.337 e. The van der Waals surface area contributed by atoms with Crippen LogP contribution in [0.4, 0.5) is 0 Å². The van der Waals surface area contributed by atoms with Gasteiger partial charge < -0.3 is 4.57 Å². The van der Waals surface area contributed by atoms with Gasteiger partial charge in [0, 0.05) is 43.7 Å². The zero-order valence-electron chi connectivity index (χ0n) is 13.1. The van der Waals surface area contributed by atoms with E-state index in [1.165, 1.54) is 4.52 Å². The molecule has 1 fully saturated rings. The van der Waals surface area contributed by atoms with Gasteiger partial charge in [-0.25, -0.2) is 14.5 Å². The summed E-state index contributed by atoms with van der Waals surface area (Å²) in [6, 6.07) is 3.50. The molecule has 0 aromatic carbocycles. The molecule has 1 aliphatic rings. The predicted molar refractivity (Wildman–Crippen MR) is 86.3 cm³/mol. The smallest absolute Gasteiger partial charge is 0.272 e. The van der Waals surface area contributed by atoms with Crippen molar-refractivity contribution in [2.75, 3.05) is 13.1 Å². The summed E-state index contributed by atoms with van der Waals surface area (Å²) in [5.41, 5.74) is 1.58. The number of nitrogens with zero attached hydrogens (tertiary/aromatic N) is 5. The zero-order chi connectivity index (χ0) is 15.8. The van der Waals surface area contributed by atoms with E-state index in [0.717, 1.165) is 44.0 Å². The molecule has 0 atom stereocenters. The van der Waals surface area contributed by atoms with Crippen LogP contribution in [0, 0.1) is 0 Å². The second kappa shape index (κ2) is 5.66. The van der Waals surface area contributed by atoms with Crippen molar-refractivity contribution in [1.82, 2.24) is 29.0 Å². The number of aryl methyl sites for hydroxylation is 1. The Kier molecular flexibility index (Phi) is 3.49. The zero-order valence-corrected chi connectivity index (χ0v) is 13.1. The van der Waals surface area contributed by atoms with Crippen LogP contribution in [0.1, 0.15) is 30.3 Å². The minimum absolute atomic E-state index is 0.0366. The van der Waals surface area contributed by atoms with Gasteiger partial charge in [-0.1, -0.05) is 0 Å². The summed E-state index contributed by atoms with van der Waals surface area (Å²) >= 11 is 0. The summed E-state index contributed by atoms with van der Waals surface area (Å²) in [7, 11) is 2.03. The number of rotatable bonds is 3. The van der Waals surface area contributed by atoms with Crippen molar-refractivity contribution in [2.45, 2.75) is 25.3 Å². The van der Waals surface area contributed by atoms with Crippen molar-refractivity contribution in [1.29, 1.82) is 0 Å². The number of aromatic nitrogens is 5. The molecular formula is C16H20N6O. The molecule has 1 aliphatic heterocycles. The first kappa shape index (κ1) is 14.2. The molecule has 0 spiro atoms. The van der Waals surface area contributed by atoms with Gasteiger partial charge in [0.15, 0.2) is 5.65 Å². The first-order chi connectivity index (χ1) is 11.2. The molecule has 0 aliphatic carbocycles. The number of nitrogens with one attached hydrogen (secondary N) is 1. The molecule has 4 rings (SSSR count). The number of piperidine rings is 1. The fourth-order valence-corrected chi connectivity index (χ4v) is 3.29. The number of imidazole rings is 1. The van der Waals surface area contributed by atoms with Crippen LogP contribution < -0.4 is 5.56 Å². The lowest BCUT2D eigenvalue weighted by molar-refractivity contribution is 0.197. The molecular weight excluding hydrogens is 292 g/mol. The van der Waals surface area contributed by atoms with Crippen molar-refractivity contribution < 1.29 is 0 Å². The van der Waals surface area contributed by atoms with Crippen LogP contribution in [0.15, 0.2) is 35.5 Å². The Morgan fingerprint density at radius 1 is 1.35 bits per heavy atom. The lowest BCUT2D eigenvalue weighted by Crippen LogP contribution is -2.34. The Hall–Kier alpha value is -2.41. The highest BCUT2D eigenvalue weighted by molar-refractivity contribution is 5.37. The third-order valence-corrected chi connectivity index (χ3v) is 4.69. The molecule has 3 aromatic heterocycles. The largest absolute Gasteiger partial charge is 0.337 e. The van der Waals surface area contributed by atoms with Crippen LogP contribution >= 0.6 is 0 Å². The first-order valence-corrected chi connectivity index (χ1v) is 7.96. The highest BCUT2D eigenvalue weighted by atomic mass is 16.1. The lowest BCUT2D eigenvalue weighted by Gasteiger charge is -2.31. The third kappa shape index (κ3) is 2.68. The van der Waals surface area contributed by atoms with E-state index < -0.39 is 0 Å². The van der Waals surface area contributed by atoms with Crippen LogP contribution in [0.3, 0.4) is 0 Å². The fourth-order valence-electron chi connectivity index (χ4n) is 3.29. The van der Waals surface area contributed by atoms with E-state index in [1.54, 1.807) is 12.3 Å². The average molecular weight is 312 g/mol. The van der Waals surface area contributed by atoms with E-state index in [4.69, 9.17) is 0 Å². The maximum absolute atomic E-state index is 12.1. The summed E-state index contributed by atoms with van der Waals surface area (Å²) in [5.74, 6) is 1.45. The number of fused-ring (bicyclic) bond motifs is 1. The van der Waals surface area contributed by atoms with Crippen LogP contribution in [0.2, 0.25) is 0 Å². The normalized spacial score (nSPS) is 17.1. The van der Waals surface area contributed by atoms with Gasteiger partial charge in [0.25, 0.3) is 5.56 Å². The SMILES string of the molecule is Cn1ccnc1CN1CCC(c2cc(=O)n3[nH]ccc3n2)CC1. The maximum atomic E-state index is 12.1. The van der Waals surface area contributed by atoms with Gasteiger partial charge in [-0.05, 0) is 25.9 Å². The summed E-state index contributed by atoms with van der Waals surface area (Å²) in [6.45, 7) is 2.89. The topological polar surface area (TPSA) is 71.2 Å². The molecule has 1 saturated heterocycles. The molecule has 0 radical (unpaired) electrons. The summed E-state index contributed by atoms with van der Waals surface area (Å²) in [4.78, 5) is 23.5. The molecule has 23 heavy (non-hydrogen) atoms. The molecule has 120 valence electrons. The van der Waals surface area contributed by atoms with E-state index in [0.29, 0.717) is 11.6 Å². The van der Waals surface area contributed by atoms with Crippen LogP contribution in [-0.4, -0.2) is 42.1 Å². The van der Waals surface area contributed by atoms with E-state index in [9.17, 15) is 4.79 Å². The first-order valence-electron chi connectivity index (χ1n) is 7.96. The molecule has 0 unspecified atom stereocenters. The van der Waals surface area contributed by atoms with Gasteiger partial charge in [-0.2, -0.15) is 0 Å². The lowest BCUT2D eigenvalue weighted by atomic mass is 9.93. The number of hydrogen-bond donors (Lipinski definition) is 1. The van der Waals surface area contributed by atoms with Crippen molar-refractivity contribution in [3.8, 4) is 0 Å². The van der Waals surface area contributed by atoms with Gasteiger partial charge in [-0.3, -0.25) is 14.8 Å². The molecule has 3 aromatic rings. The third-order valence-electron chi connectivity index (χ3n) is 4.69. The van der Waals surface area contributed by atoms with Gasteiger partial charge in [0.2, 0.25) is 0 Å². The van der Waals surface area contributed by atoms with E-state index in [-0.39, 0.29) is 5.56 Å². The van der Waals surface area contributed by atoms with E-state index in [2.05, 4.69) is 24.5 Å². The fraction of sp³-hybridized carbons (Fsp3) is 0.438. The molecule has 0 bridgehead atoms. The number of aromatic amines is 1. The maximum Gasteiger partial charge on any atom is 0.272 e. The van der Waals surface area contributed by atoms with Crippen molar-refractivity contribution in [2.24, 2.45) is 7.05 Å². The van der Waals surface area contributed by atoms with Crippen LogP contribution in [0.5, 0.6) is 0 Å². The number of likely N-dealkylation sites (tertiary alicyclic amines) is 1. The van der Waals surface area contributed by atoms with E-state index in [1.807, 2.05) is 25.5 Å². The Balaban J connectivity index is 1.46. The molecule has 7 heteroatoms. The highest BCUT2D eigenvalue weighted by Crippen LogP contribution is 2.26. The average Bonchev–Trinajstić information content (AvgIpc) is 3.18. The summed E-state index contributed by atoms with van der Waals surface area (Å²) in [5, 5.41) is 2.88. The summed E-state index contributed by atoms with van der Waals surface area (Å²) < 4.78 is 3.54. The minimum atomic E-state index is -0.0366. The predicted octanol–water partition coefficient (Wildman–Crippen LogP) is 1.14. The van der Waals surface area contributed by atoms with Gasteiger partial charge in [-0.15, -0.1) is 0 Å². The molecule has 0 amide bonds. The van der Waals surface area contributed by atoms with Crippen molar-refractivity contribution in [3.63, 3.8) is 0 Å². The molecule has 7 nitrogen and oxygen atoms in total. The monoisotopic (exact) mass is 312 g/mol. The highest BCUT2D eigenvalue weighted by Gasteiger charge is 2.23. The standard InChI is InChI=1S/C16H20N6O/c1-20-9-6-17-15(20)11-21-7-3-12(4-8-21)13-10-16(23)22-14(19-13)2-5-18-22/h2,5-6,9-10,12,18H,3-4,7-8,11H2,1H3. The second-order valence-corrected chi connectivity index (χ2v) is 6.18. The van der Waals surface area contributed by atoms with E-state index >= 15 is 0 Å². The van der Waals surface area contributed by atoms with Gasteiger partial charge >= 0.3 is 0 Å².